The molecule has 0 bridgehead atoms. The molecule has 6 nitrogen and oxygen atoms in total. The number of aliphatic hydroxyl groups excluding tert-OH is 2. The van der Waals surface area contributed by atoms with Gasteiger partial charge in [-0.05, 0) is 22.6 Å². The van der Waals surface area contributed by atoms with Crippen LogP contribution in [0.1, 0.15) is 0 Å². The molecule has 0 amide bonds. The summed E-state index contributed by atoms with van der Waals surface area (Å²) in [6.45, 7) is -0.142. The second-order valence-corrected chi connectivity index (χ2v) is 4.23. The summed E-state index contributed by atoms with van der Waals surface area (Å²) < 4.78 is 1.71. The topological polar surface area (TPSA) is 95.3 Å². The standard InChI is InChI=1S/C9H11IN2O4/c10-7-4-12(9(16)11-8(7)15)3-1-2-6(14)5-13/h1-2,4,6,13-14H,3,5H2,(H,11,15,16)/b2-1+. The zero-order valence-electron chi connectivity index (χ0n) is 8.26. The second-order valence-electron chi connectivity index (χ2n) is 3.07. The number of aromatic amines is 1. The first kappa shape index (κ1) is 13.1. The Balaban J connectivity index is 2.83. The maximum Gasteiger partial charge on any atom is 0.328 e. The van der Waals surface area contributed by atoms with E-state index in [9.17, 15) is 9.59 Å². The van der Waals surface area contributed by atoms with Crippen LogP contribution in [0, 0.1) is 3.57 Å². The summed E-state index contributed by atoms with van der Waals surface area (Å²) in [5.41, 5.74) is -0.922. The van der Waals surface area contributed by atoms with Crippen molar-refractivity contribution in [3.05, 3.63) is 42.8 Å². The van der Waals surface area contributed by atoms with Gasteiger partial charge in [0.25, 0.3) is 5.56 Å². The lowest BCUT2D eigenvalue weighted by atomic mass is 10.3. The van der Waals surface area contributed by atoms with Gasteiger partial charge in [-0.2, -0.15) is 0 Å². The average molecular weight is 338 g/mol. The minimum atomic E-state index is -0.933. The molecule has 0 saturated carbocycles. The Bertz CT molecular complexity index is 491. The molecule has 0 aliphatic carbocycles. The van der Waals surface area contributed by atoms with Crippen molar-refractivity contribution in [1.82, 2.24) is 9.55 Å². The molecule has 0 saturated heterocycles. The summed E-state index contributed by atoms with van der Waals surface area (Å²) in [4.78, 5) is 24.5. The van der Waals surface area contributed by atoms with E-state index in [2.05, 4.69) is 4.98 Å². The number of allylic oxidation sites excluding steroid dienone is 1. The van der Waals surface area contributed by atoms with Crippen LogP contribution < -0.4 is 11.2 Å². The van der Waals surface area contributed by atoms with E-state index < -0.39 is 17.4 Å². The quantitative estimate of drug-likeness (QED) is 0.487. The van der Waals surface area contributed by atoms with Gasteiger partial charge in [0, 0.05) is 12.7 Å². The van der Waals surface area contributed by atoms with Crippen LogP contribution in [0.3, 0.4) is 0 Å². The minimum Gasteiger partial charge on any atom is -0.393 e. The van der Waals surface area contributed by atoms with Crippen molar-refractivity contribution >= 4 is 22.6 Å². The number of halogens is 1. The third kappa shape index (κ3) is 3.58. The van der Waals surface area contributed by atoms with Crippen LogP contribution in [0.2, 0.25) is 0 Å². The van der Waals surface area contributed by atoms with Crippen LogP contribution in [0.5, 0.6) is 0 Å². The fraction of sp³-hybridized carbons (Fsp3) is 0.333. The number of hydrogen-bond donors (Lipinski definition) is 3. The van der Waals surface area contributed by atoms with E-state index in [1.54, 1.807) is 0 Å². The first-order valence-corrected chi connectivity index (χ1v) is 5.57. The third-order valence-electron chi connectivity index (χ3n) is 1.81. The first-order chi connectivity index (χ1) is 7.54. The molecular formula is C9H11IN2O4. The molecular weight excluding hydrogens is 327 g/mol. The molecule has 0 aromatic carbocycles. The summed E-state index contributed by atoms with van der Waals surface area (Å²) in [7, 11) is 0. The van der Waals surface area contributed by atoms with E-state index >= 15 is 0 Å². The fourth-order valence-corrected chi connectivity index (χ4v) is 1.48. The summed E-state index contributed by atoms with van der Waals surface area (Å²) in [6.07, 6.45) is 3.41. The lowest BCUT2D eigenvalue weighted by Crippen LogP contribution is -2.30. The zero-order chi connectivity index (χ0) is 12.1. The minimum absolute atomic E-state index is 0.225. The highest BCUT2D eigenvalue weighted by Gasteiger charge is 2.00. The van der Waals surface area contributed by atoms with Crippen LogP contribution in [0.15, 0.2) is 27.9 Å². The summed E-state index contributed by atoms with van der Waals surface area (Å²) in [5.74, 6) is 0. The van der Waals surface area contributed by atoms with Crippen LogP contribution >= 0.6 is 22.6 Å². The van der Waals surface area contributed by atoms with E-state index in [0.717, 1.165) is 0 Å². The predicted octanol–water partition coefficient (Wildman–Crippen LogP) is -0.949. The molecule has 0 fully saturated rings. The van der Waals surface area contributed by atoms with Crippen LogP contribution in [0.4, 0.5) is 0 Å². The van der Waals surface area contributed by atoms with E-state index in [1.165, 1.54) is 22.9 Å². The number of H-pyrrole nitrogens is 1. The van der Waals surface area contributed by atoms with E-state index in [0.29, 0.717) is 3.57 Å². The Hall–Kier alpha value is -0.930. The van der Waals surface area contributed by atoms with Gasteiger partial charge >= 0.3 is 5.69 Å². The molecule has 1 aromatic heterocycles. The number of hydrogen-bond acceptors (Lipinski definition) is 4. The van der Waals surface area contributed by atoms with E-state index in [1.807, 2.05) is 22.6 Å². The Morgan fingerprint density at radius 2 is 2.25 bits per heavy atom. The van der Waals surface area contributed by atoms with Gasteiger partial charge in [-0.15, -0.1) is 0 Å². The van der Waals surface area contributed by atoms with Gasteiger partial charge in [-0.1, -0.05) is 12.2 Å². The summed E-state index contributed by atoms with van der Waals surface area (Å²) >= 11 is 1.82. The van der Waals surface area contributed by atoms with Crippen molar-refractivity contribution in [3.8, 4) is 0 Å². The van der Waals surface area contributed by atoms with Crippen LogP contribution in [-0.4, -0.2) is 32.5 Å². The molecule has 16 heavy (non-hydrogen) atoms. The monoisotopic (exact) mass is 338 g/mol. The molecule has 0 spiro atoms. The van der Waals surface area contributed by atoms with Gasteiger partial charge in [0.1, 0.15) is 0 Å². The van der Waals surface area contributed by atoms with Gasteiger partial charge in [0.2, 0.25) is 0 Å². The summed E-state index contributed by atoms with van der Waals surface area (Å²) in [6, 6.07) is 0. The highest BCUT2D eigenvalue weighted by molar-refractivity contribution is 14.1. The molecule has 7 heteroatoms. The van der Waals surface area contributed by atoms with Crippen molar-refractivity contribution in [2.24, 2.45) is 0 Å². The van der Waals surface area contributed by atoms with Crippen molar-refractivity contribution in [3.63, 3.8) is 0 Å². The van der Waals surface area contributed by atoms with Gasteiger partial charge in [0.05, 0.1) is 16.3 Å². The van der Waals surface area contributed by atoms with E-state index in [-0.39, 0.29) is 13.2 Å². The Kier molecular flexibility index (Phi) is 4.90. The lowest BCUT2D eigenvalue weighted by molar-refractivity contribution is 0.131. The van der Waals surface area contributed by atoms with Crippen LogP contribution in [-0.2, 0) is 6.54 Å². The first-order valence-electron chi connectivity index (χ1n) is 4.49. The Morgan fingerprint density at radius 3 is 2.88 bits per heavy atom. The lowest BCUT2D eigenvalue weighted by Gasteiger charge is -2.02. The molecule has 0 aliphatic rings. The molecule has 1 atom stereocenters. The third-order valence-corrected chi connectivity index (χ3v) is 2.58. The van der Waals surface area contributed by atoms with Gasteiger partial charge < -0.3 is 10.2 Å². The highest BCUT2D eigenvalue weighted by atomic mass is 127. The summed E-state index contributed by atoms with van der Waals surface area (Å²) in [5, 5.41) is 17.6. The largest absolute Gasteiger partial charge is 0.393 e. The average Bonchev–Trinajstić information content (AvgIpc) is 2.25. The Morgan fingerprint density at radius 1 is 1.56 bits per heavy atom. The molecule has 88 valence electrons. The molecule has 3 N–H and O–H groups in total. The van der Waals surface area contributed by atoms with Crippen LogP contribution in [0.25, 0.3) is 0 Å². The SMILES string of the molecule is O=c1[nH]c(=O)n(C/C=C/C(O)CO)cc1I. The molecule has 0 radical (unpaired) electrons. The molecule has 1 aromatic rings. The second kappa shape index (κ2) is 5.97. The molecule has 1 heterocycles. The van der Waals surface area contributed by atoms with Gasteiger partial charge in [-0.25, -0.2) is 4.79 Å². The fourth-order valence-electron chi connectivity index (χ4n) is 1.01. The maximum atomic E-state index is 11.3. The van der Waals surface area contributed by atoms with Gasteiger partial charge in [-0.3, -0.25) is 14.3 Å². The Labute approximate surface area is 104 Å². The molecule has 1 unspecified atom stereocenters. The zero-order valence-corrected chi connectivity index (χ0v) is 10.4. The smallest absolute Gasteiger partial charge is 0.328 e. The number of nitrogens with zero attached hydrogens (tertiary/aromatic N) is 1. The highest BCUT2D eigenvalue weighted by Crippen LogP contribution is 1.93. The van der Waals surface area contributed by atoms with Crippen molar-refractivity contribution < 1.29 is 10.2 Å². The van der Waals surface area contributed by atoms with Gasteiger partial charge in [0.15, 0.2) is 0 Å². The normalized spacial score (nSPS) is 13.2. The molecule has 0 aliphatic heterocycles. The van der Waals surface area contributed by atoms with E-state index in [4.69, 9.17) is 10.2 Å². The van der Waals surface area contributed by atoms with Crippen molar-refractivity contribution in [2.45, 2.75) is 12.6 Å². The predicted molar refractivity (Wildman–Crippen MR) is 66.3 cm³/mol. The van der Waals surface area contributed by atoms with Crippen molar-refractivity contribution in [1.29, 1.82) is 0 Å². The number of rotatable bonds is 4. The maximum absolute atomic E-state index is 11.3. The number of nitrogens with one attached hydrogen (secondary N) is 1. The number of aromatic nitrogens is 2. The number of aliphatic hydroxyl groups is 2. The van der Waals surface area contributed by atoms with Crippen molar-refractivity contribution in [2.75, 3.05) is 6.61 Å². The molecule has 1 rings (SSSR count).